The molecule has 25 heteroatoms. The van der Waals surface area contributed by atoms with Gasteiger partial charge in [0.05, 0.1) is 5.92 Å². The van der Waals surface area contributed by atoms with Crippen LogP contribution in [0.3, 0.4) is 0 Å². The third-order valence-electron chi connectivity index (χ3n) is 13.8. The SMILES string of the molecule is CC[C@H](C)CC(=O)N(C)C(C[C@@H](OC(C)=O)c1nc(C(=O)N[C@@H](Cc2ccc(NC(=O)OCc3ccc(NC(=O)[C@H](CCCNC(N)=O)NC(=O)C(NC(=O)[C@H](CCCCN)NC(C)=O)C(C)C)cc3)cc2)C[C@H](C)C(=O)O)cs1)C(C)C. The number of benzene rings is 2. The first kappa shape index (κ1) is 69.6. The van der Waals surface area contributed by atoms with Crippen molar-refractivity contribution in [1.29, 1.82) is 0 Å². The number of unbranched alkanes of at least 4 members (excludes halogenated alkanes) is 1. The molecule has 0 bridgehead atoms. The van der Waals surface area contributed by atoms with Crippen LogP contribution in [0.1, 0.15) is 153 Å². The molecule has 24 nitrogen and oxygen atoms in total. The third-order valence-corrected chi connectivity index (χ3v) is 14.8. The van der Waals surface area contributed by atoms with Gasteiger partial charge in [0.25, 0.3) is 5.91 Å². The van der Waals surface area contributed by atoms with Gasteiger partial charge in [-0.25, -0.2) is 14.6 Å². The fourth-order valence-electron chi connectivity index (χ4n) is 8.86. The predicted molar refractivity (Wildman–Crippen MR) is 314 cm³/mol. The molecule has 12 N–H and O–H groups in total. The van der Waals surface area contributed by atoms with Crippen molar-refractivity contribution in [2.75, 3.05) is 30.8 Å². The summed E-state index contributed by atoms with van der Waals surface area (Å²) in [5, 5.41) is 30.6. The Hall–Kier alpha value is -7.67. The van der Waals surface area contributed by atoms with Gasteiger partial charge in [-0.3, -0.25) is 43.7 Å². The van der Waals surface area contributed by atoms with Crippen molar-refractivity contribution in [2.24, 2.45) is 35.1 Å². The maximum Gasteiger partial charge on any atom is 0.411 e. The van der Waals surface area contributed by atoms with E-state index in [1.54, 1.807) is 86.6 Å². The van der Waals surface area contributed by atoms with E-state index in [0.29, 0.717) is 54.2 Å². The topological polar surface area (TPSA) is 362 Å². The molecule has 1 heterocycles. The average molecular weight is 1180 g/mol. The Balaban J connectivity index is 1.65. The number of aliphatic carboxylic acids is 1. The highest BCUT2D eigenvalue weighted by Crippen LogP contribution is 2.31. The second kappa shape index (κ2) is 35.4. The Morgan fingerprint density at radius 1 is 0.735 bits per heavy atom. The lowest BCUT2D eigenvalue weighted by molar-refractivity contribution is -0.148. The molecule has 458 valence electrons. The van der Waals surface area contributed by atoms with Crippen LogP contribution in [0.5, 0.6) is 0 Å². The van der Waals surface area contributed by atoms with Gasteiger partial charge in [-0.05, 0) is 105 Å². The van der Waals surface area contributed by atoms with Gasteiger partial charge in [-0.2, -0.15) is 0 Å². The first-order valence-electron chi connectivity index (χ1n) is 28.2. The smallest absolute Gasteiger partial charge is 0.411 e. The van der Waals surface area contributed by atoms with Crippen LogP contribution in [0, 0.1) is 23.7 Å². The van der Waals surface area contributed by atoms with E-state index in [4.69, 9.17) is 20.9 Å². The number of carbonyl (C=O) groups excluding carboxylic acids is 9. The van der Waals surface area contributed by atoms with Crippen molar-refractivity contribution < 1.29 is 62.5 Å². The monoisotopic (exact) mass is 1180 g/mol. The van der Waals surface area contributed by atoms with Gasteiger partial charge < -0.3 is 62.8 Å². The highest BCUT2D eigenvalue weighted by atomic mass is 32.1. The summed E-state index contributed by atoms with van der Waals surface area (Å²) in [6.45, 7) is 16.0. The van der Waals surface area contributed by atoms with Crippen molar-refractivity contribution in [3.05, 3.63) is 75.7 Å². The van der Waals surface area contributed by atoms with Crippen LogP contribution < -0.4 is 48.7 Å². The van der Waals surface area contributed by atoms with Crippen LogP contribution in [0.25, 0.3) is 0 Å². The van der Waals surface area contributed by atoms with E-state index in [0.717, 1.165) is 23.3 Å². The van der Waals surface area contributed by atoms with Gasteiger partial charge in [-0.15, -0.1) is 11.3 Å². The minimum absolute atomic E-state index is 0.0103. The van der Waals surface area contributed by atoms with Crippen molar-refractivity contribution in [1.82, 2.24) is 36.5 Å². The van der Waals surface area contributed by atoms with Crippen molar-refractivity contribution in [3.8, 4) is 0 Å². The van der Waals surface area contributed by atoms with E-state index in [1.165, 1.54) is 13.8 Å². The zero-order chi connectivity index (χ0) is 61.9. The molecule has 0 aliphatic rings. The van der Waals surface area contributed by atoms with Crippen molar-refractivity contribution >= 4 is 82.2 Å². The highest BCUT2D eigenvalue weighted by molar-refractivity contribution is 7.09. The summed E-state index contributed by atoms with van der Waals surface area (Å²) in [5.74, 6) is -5.38. The molecular formula is C58H87N11O13S. The number of hydrogen-bond donors (Lipinski definition) is 10. The molecule has 0 saturated heterocycles. The first-order valence-corrected chi connectivity index (χ1v) is 29.0. The standard InChI is InChI=1S/C58H87N11O13S/c1-11-35(6)27-49(72)69(10)47(33(2)3)30-48(82-38(9)71)55-67-46(32-83-55)53(75)64-43(28-36(7)56(77)78)29-39-17-21-42(22-18-39)65-58(80)81-31-40-19-23-41(24-20-40)63-51(73)45(16-14-26-61-57(60)79)66-54(76)50(34(4)5)68-52(74)44(62-37(8)70)15-12-13-25-59/h17-24,32-36,43-45,47-48,50H,11-16,25-31,59H2,1-10H3,(H,62,70)(H,63,73)(H,64,75)(H,65,80)(H,66,76)(H,68,74)(H,77,78)(H3,60,61,79)/t35-,36-,43+,44-,45-,47?,48+,50?/m0/s1. The van der Waals surface area contributed by atoms with Gasteiger partial charge in [0, 0.05) is 69.1 Å². The number of rotatable bonds is 35. The minimum atomic E-state index is -1.12. The number of thiazole rings is 1. The summed E-state index contributed by atoms with van der Waals surface area (Å²) < 4.78 is 11.2. The molecule has 2 unspecified atom stereocenters. The highest BCUT2D eigenvalue weighted by Gasteiger charge is 2.33. The lowest BCUT2D eigenvalue weighted by Gasteiger charge is -2.34. The van der Waals surface area contributed by atoms with E-state index in [1.807, 2.05) is 27.7 Å². The zero-order valence-corrected chi connectivity index (χ0v) is 50.3. The largest absolute Gasteiger partial charge is 0.481 e. The molecule has 3 rings (SSSR count). The minimum Gasteiger partial charge on any atom is -0.481 e. The summed E-state index contributed by atoms with van der Waals surface area (Å²) in [6, 6.07) is 8.32. The Bertz CT molecular complexity index is 2630. The van der Waals surface area contributed by atoms with Crippen LogP contribution in [0.4, 0.5) is 21.0 Å². The number of urea groups is 1. The van der Waals surface area contributed by atoms with Gasteiger partial charge in [0.15, 0.2) is 6.10 Å². The molecular weight excluding hydrogens is 1090 g/mol. The summed E-state index contributed by atoms with van der Waals surface area (Å²) in [6.07, 6.45) is 2.05. The number of carboxylic acids is 1. The quantitative estimate of drug-likeness (QED) is 0.0242. The molecule has 0 spiro atoms. The molecule has 0 fully saturated rings. The second-order valence-electron chi connectivity index (χ2n) is 21.6. The van der Waals surface area contributed by atoms with Crippen LogP contribution in [-0.4, -0.2) is 125 Å². The maximum atomic E-state index is 13.7. The predicted octanol–water partition coefficient (Wildman–Crippen LogP) is 5.90. The molecule has 0 saturated carbocycles. The average Bonchev–Trinajstić information content (AvgIpc) is 4.22. The van der Waals surface area contributed by atoms with Crippen molar-refractivity contribution in [2.45, 2.75) is 169 Å². The van der Waals surface area contributed by atoms with Gasteiger partial charge in [0.1, 0.15) is 35.4 Å². The fourth-order valence-corrected chi connectivity index (χ4v) is 9.70. The second-order valence-corrected chi connectivity index (χ2v) is 22.5. The number of esters is 1. The summed E-state index contributed by atoms with van der Waals surface area (Å²) >= 11 is 1.14. The Morgan fingerprint density at radius 2 is 1.35 bits per heavy atom. The Kier molecular flexibility index (Phi) is 29.6. The molecule has 3 aromatic rings. The van der Waals surface area contributed by atoms with E-state index < -0.39 is 95.7 Å². The molecule has 83 heavy (non-hydrogen) atoms. The van der Waals surface area contributed by atoms with Gasteiger partial charge >= 0.3 is 24.1 Å². The lowest BCUT2D eigenvalue weighted by atomic mass is 9.95. The number of anilines is 2. The Morgan fingerprint density at radius 3 is 1.92 bits per heavy atom. The van der Waals surface area contributed by atoms with Gasteiger partial charge in [-0.1, -0.05) is 79.2 Å². The van der Waals surface area contributed by atoms with E-state index in [9.17, 15) is 53.1 Å². The summed E-state index contributed by atoms with van der Waals surface area (Å²) in [5.41, 5.74) is 12.9. The number of nitrogens with zero attached hydrogens (tertiary/aromatic N) is 2. The number of carboxylic acid groups (broad SMARTS) is 1. The number of amides is 9. The number of ether oxygens (including phenoxy) is 2. The number of nitrogens with one attached hydrogen (secondary N) is 7. The number of hydrogen-bond acceptors (Lipinski definition) is 15. The molecule has 0 radical (unpaired) electrons. The van der Waals surface area contributed by atoms with Crippen LogP contribution in [0.2, 0.25) is 0 Å². The summed E-state index contributed by atoms with van der Waals surface area (Å²) in [4.78, 5) is 134. The molecule has 0 aliphatic heterocycles. The molecule has 8 atom stereocenters. The number of nitrogens with two attached hydrogens (primary N) is 2. The van der Waals surface area contributed by atoms with E-state index in [-0.39, 0.29) is 74.7 Å². The van der Waals surface area contributed by atoms with Gasteiger partial charge in [0.2, 0.25) is 29.5 Å². The Labute approximate surface area is 490 Å². The maximum absolute atomic E-state index is 13.7. The number of primary amides is 1. The molecule has 9 amide bonds. The van der Waals surface area contributed by atoms with E-state index >= 15 is 0 Å². The van der Waals surface area contributed by atoms with E-state index in [2.05, 4.69) is 42.2 Å². The summed E-state index contributed by atoms with van der Waals surface area (Å²) in [7, 11) is 1.75. The molecule has 0 aliphatic carbocycles. The van der Waals surface area contributed by atoms with Crippen LogP contribution in [0.15, 0.2) is 53.9 Å². The molecule has 2 aromatic carbocycles. The fraction of sp³-hybridized carbons (Fsp3) is 0.569. The number of carbonyl (C=O) groups is 10. The molecule has 1 aromatic heterocycles. The van der Waals surface area contributed by atoms with Crippen LogP contribution >= 0.6 is 11.3 Å². The third kappa shape index (κ3) is 25.2. The normalized spacial score (nSPS) is 14.0. The number of aromatic nitrogens is 1. The lowest BCUT2D eigenvalue weighted by Crippen LogP contribution is -2.57. The van der Waals surface area contributed by atoms with Crippen LogP contribution in [-0.2, 0) is 56.1 Å². The zero-order valence-electron chi connectivity index (χ0n) is 49.5. The van der Waals surface area contributed by atoms with Crippen molar-refractivity contribution in [3.63, 3.8) is 0 Å². The first-order chi connectivity index (χ1) is 39.2.